The maximum atomic E-state index is 12.7. The van der Waals surface area contributed by atoms with Crippen molar-refractivity contribution in [2.75, 3.05) is 7.05 Å². The van der Waals surface area contributed by atoms with Gasteiger partial charge >= 0.3 is 5.69 Å². The predicted octanol–water partition coefficient (Wildman–Crippen LogP) is 3.24. The zero-order chi connectivity index (χ0) is 23.7. The number of hydrogen-bond acceptors (Lipinski definition) is 5. The summed E-state index contributed by atoms with van der Waals surface area (Å²) >= 11 is 0. The highest BCUT2D eigenvalue weighted by atomic mass is 16.3. The van der Waals surface area contributed by atoms with Crippen LogP contribution in [-0.4, -0.2) is 42.5 Å². The monoisotopic (exact) mass is 449 g/mol. The number of benzene rings is 2. The number of H-pyrrole nitrogens is 1. The highest BCUT2D eigenvalue weighted by Crippen LogP contribution is 2.37. The van der Waals surface area contributed by atoms with Crippen LogP contribution in [0.4, 0.5) is 0 Å². The molecule has 1 amide bonds. The molecular weight excluding hydrogens is 422 g/mol. The molecular formula is C24H27N5O4. The topological polar surface area (TPSA) is 125 Å². The van der Waals surface area contributed by atoms with E-state index in [0.717, 1.165) is 17.3 Å². The van der Waals surface area contributed by atoms with Gasteiger partial charge in [-0.1, -0.05) is 13.8 Å². The van der Waals surface area contributed by atoms with Crippen molar-refractivity contribution in [3.8, 4) is 28.6 Å². The van der Waals surface area contributed by atoms with Crippen LogP contribution in [-0.2, 0) is 11.3 Å². The van der Waals surface area contributed by atoms with Crippen LogP contribution >= 0.6 is 0 Å². The second-order valence-electron chi connectivity index (χ2n) is 8.30. The van der Waals surface area contributed by atoms with Crippen LogP contribution in [0.25, 0.3) is 28.0 Å². The number of carbonyl (C=O) groups excluding carboxylic acids is 1. The SMILES string of the molecule is CNC(=O)CCCn1ccc2cc(-n3c(-c4cc(C(C)C)c(O)cc4O)n[nH]c3=O)ccc21. The summed E-state index contributed by atoms with van der Waals surface area (Å²) in [6.45, 7) is 4.56. The molecule has 0 aliphatic rings. The number of amides is 1. The molecule has 0 atom stereocenters. The molecule has 0 saturated heterocycles. The zero-order valence-corrected chi connectivity index (χ0v) is 18.8. The lowest BCUT2D eigenvalue weighted by molar-refractivity contribution is -0.120. The van der Waals surface area contributed by atoms with Crippen LogP contribution in [0.3, 0.4) is 0 Å². The third kappa shape index (κ3) is 4.21. The Morgan fingerprint density at radius 2 is 1.94 bits per heavy atom. The molecule has 2 aromatic heterocycles. The van der Waals surface area contributed by atoms with Gasteiger partial charge in [0.1, 0.15) is 11.5 Å². The van der Waals surface area contributed by atoms with E-state index in [4.69, 9.17) is 0 Å². The molecule has 0 aliphatic carbocycles. The van der Waals surface area contributed by atoms with Gasteiger partial charge < -0.3 is 20.1 Å². The summed E-state index contributed by atoms with van der Waals surface area (Å²) in [6, 6.07) is 10.5. The number of nitrogens with one attached hydrogen (secondary N) is 2. The van der Waals surface area contributed by atoms with Gasteiger partial charge in [-0.15, -0.1) is 0 Å². The molecule has 0 unspecified atom stereocenters. The molecule has 2 aromatic carbocycles. The summed E-state index contributed by atoms with van der Waals surface area (Å²) in [5, 5.41) is 30.8. The number of aromatic hydroxyl groups is 2. The summed E-state index contributed by atoms with van der Waals surface area (Å²) in [5.41, 5.74) is 2.14. The number of carbonyl (C=O) groups is 1. The van der Waals surface area contributed by atoms with Gasteiger partial charge in [0.05, 0.1) is 11.3 Å². The summed E-state index contributed by atoms with van der Waals surface area (Å²) in [7, 11) is 1.63. The van der Waals surface area contributed by atoms with Gasteiger partial charge in [-0.2, -0.15) is 5.10 Å². The molecule has 4 rings (SSSR count). The van der Waals surface area contributed by atoms with E-state index in [9.17, 15) is 19.8 Å². The number of phenols is 2. The largest absolute Gasteiger partial charge is 0.508 e. The summed E-state index contributed by atoms with van der Waals surface area (Å²) in [6.07, 6.45) is 3.13. The molecule has 4 aromatic rings. The number of phenolic OH excluding ortho intramolecular Hbond substituents is 2. The van der Waals surface area contributed by atoms with Crippen LogP contribution in [0, 0.1) is 0 Å². The summed E-state index contributed by atoms with van der Waals surface area (Å²) in [5.74, 6) is 0.112. The number of aromatic amines is 1. The van der Waals surface area contributed by atoms with E-state index in [1.165, 1.54) is 10.6 Å². The molecule has 172 valence electrons. The molecule has 0 aliphatic heterocycles. The number of aryl methyl sites for hydroxylation is 1. The fourth-order valence-corrected chi connectivity index (χ4v) is 4.01. The zero-order valence-electron chi connectivity index (χ0n) is 18.8. The molecule has 2 heterocycles. The first kappa shape index (κ1) is 22.2. The van der Waals surface area contributed by atoms with Gasteiger partial charge in [-0.25, -0.2) is 14.5 Å². The molecule has 9 heteroatoms. The minimum Gasteiger partial charge on any atom is -0.508 e. The second kappa shape index (κ2) is 8.85. The van der Waals surface area contributed by atoms with Crippen molar-refractivity contribution in [3.05, 3.63) is 58.6 Å². The first-order valence-electron chi connectivity index (χ1n) is 10.8. The Balaban J connectivity index is 1.72. The van der Waals surface area contributed by atoms with Crippen LogP contribution in [0.15, 0.2) is 47.4 Å². The lowest BCUT2D eigenvalue weighted by Crippen LogP contribution is -2.17. The molecule has 4 N–H and O–H groups in total. The lowest BCUT2D eigenvalue weighted by atomic mass is 9.98. The van der Waals surface area contributed by atoms with Gasteiger partial charge in [0.2, 0.25) is 5.91 Å². The Morgan fingerprint density at radius 1 is 1.15 bits per heavy atom. The van der Waals surface area contributed by atoms with Gasteiger partial charge in [0, 0.05) is 43.2 Å². The summed E-state index contributed by atoms with van der Waals surface area (Å²) < 4.78 is 3.47. The number of rotatable bonds is 7. The predicted molar refractivity (Wildman–Crippen MR) is 126 cm³/mol. The van der Waals surface area contributed by atoms with Gasteiger partial charge in [-0.3, -0.25) is 4.79 Å². The fraction of sp³-hybridized carbons (Fsp3) is 0.292. The molecule has 0 saturated carbocycles. The van der Waals surface area contributed by atoms with Crippen LogP contribution in [0.1, 0.15) is 38.2 Å². The molecule has 9 nitrogen and oxygen atoms in total. The third-order valence-corrected chi connectivity index (χ3v) is 5.77. The Morgan fingerprint density at radius 3 is 2.67 bits per heavy atom. The second-order valence-corrected chi connectivity index (χ2v) is 8.30. The Hall–Kier alpha value is -4.01. The third-order valence-electron chi connectivity index (χ3n) is 5.77. The van der Waals surface area contributed by atoms with Crippen molar-refractivity contribution in [2.45, 2.75) is 39.2 Å². The van der Waals surface area contributed by atoms with E-state index >= 15 is 0 Å². The Bertz CT molecular complexity index is 1380. The Kier molecular flexibility index (Phi) is 5.95. The van der Waals surface area contributed by atoms with Crippen molar-refractivity contribution in [2.24, 2.45) is 0 Å². The molecule has 0 bridgehead atoms. The van der Waals surface area contributed by atoms with Crippen molar-refractivity contribution < 1.29 is 15.0 Å². The standard InChI is InChI=1S/C24H27N5O4/c1-14(2)17-12-18(21(31)13-20(17)30)23-26-27-24(33)29(23)16-6-7-19-15(11-16)8-10-28(19)9-4-5-22(32)25-3/h6-8,10-14,30-31H,4-5,9H2,1-3H3,(H,25,32)(H,27,33). The number of hydrogen-bond donors (Lipinski definition) is 4. The van der Waals surface area contributed by atoms with Crippen molar-refractivity contribution in [1.82, 2.24) is 24.6 Å². The van der Waals surface area contributed by atoms with Crippen molar-refractivity contribution in [3.63, 3.8) is 0 Å². The number of aromatic nitrogens is 4. The summed E-state index contributed by atoms with van der Waals surface area (Å²) in [4.78, 5) is 24.1. The van der Waals surface area contributed by atoms with E-state index in [1.54, 1.807) is 13.1 Å². The maximum absolute atomic E-state index is 12.7. The fourth-order valence-electron chi connectivity index (χ4n) is 4.01. The van der Waals surface area contributed by atoms with Crippen LogP contribution in [0.5, 0.6) is 11.5 Å². The number of nitrogens with zero attached hydrogens (tertiary/aromatic N) is 3. The average Bonchev–Trinajstić information content (AvgIpc) is 3.36. The lowest BCUT2D eigenvalue weighted by Gasteiger charge is -2.13. The first-order valence-corrected chi connectivity index (χ1v) is 10.8. The van der Waals surface area contributed by atoms with Crippen LogP contribution in [0.2, 0.25) is 0 Å². The number of fused-ring (bicyclic) bond motifs is 1. The minimum atomic E-state index is -0.437. The van der Waals surface area contributed by atoms with E-state index in [2.05, 4.69) is 20.1 Å². The Labute approximate surface area is 190 Å². The van der Waals surface area contributed by atoms with E-state index < -0.39 is 5.69 Å². The highest BCUT2D eigenvalue weighted by molar-refractivity contribution is 5.83. The van der Waals surface area contributed by atoms with Gasteiger partial charge in [-0.05, 0) is 48.2 Å². The highest BCUT2D eigenvalue weighted by Gasteiger charge is 2.20. The molecule has 0 spiro atoms. The normalized spacial score (nSPS) is 11.4. The van der Waals surface area contributed by atoms with Crippen LogP contribution < -0.4 is 11.0 Å². The van der Waals surface area contributed by atoms with E-state index in [-0.39, 0.29) is 29.1 Å². The maximum Gasteiger partial charge on any atom is 0.348 e. The van der Waals surface area contributed by atoms with Crippen molar-refractivity contribution in [1.29, 1.82) is 0 Å². The average molecular weight is 450 g/mol. The smallest absolute Gasteiger partial charge is 0.348 e. The van der Waals surface area contributed by atoms with Gasteiger partial charge in [0.15, 0.2) is 5.82 Å². The molecule has 33 heavy (non-hydrogen) atoms. The van der Waals surface area contributed by atoms with Gasteiger partial charge in [0.25, 0.3) is 0 Å². The minimum absolute atomic E-state index is 0.00476. The first-order chi connectivity index (χ1) is 15.8. The van der Waals surface area contributed by atoms with E-state index in [0.29, 0.717) is 29.8 Å². The van der Waals surface area contributed by atoms with E-state index in [1.807, 2.05) is 44.3 Å². The molecule has 0 radical (unpaired) electrons. The van der Waals surface area contributed by atoms with Crippen molar-refractivity contribution >= 4 is 16.8 Å². The quantitative estimate of drug-likeness (QED) is 0.345. The molecule has 0 fully saturated rings.